The average Bonchev–Trinajstić information content (AvgIpc) is 2.97. The Labute approximate surface area is 137 Å². The largest absolute Gasteiger partial charge is 0.370 e. The fourth-order valence-electron chi connectivity index (χ4n) is 3.08. The van der Waals surface area contributed by atoms with Gasteiger partial charge in [-0.25, -0.2) is 4.68 Å². The van der Waals surface area contributed by atoms with E-state index < -0.39 is 0 Å². The Balaban J connectivity index is 0.000000753. The van der Waals surface area contributed by atoms with E-state index in [1.54, 1.807) is 0 Å². The number of nitrogens with zero attached hydrogens (tertiary/aromatic N) is 4. The van der Waals surface area contributed by atoms with Crippen LogP contribution in [0.1, 0.15) is 19.4 Å². The highest BCUT2D eigenvalue weighted by Crippen LogP contribution is 2.39. The number of rotatable bonds is 0. The first kappa shape index (κ1) is 15.3. The van der Waals surface area contributed by atoms with Gasteiger partial charge < -0.3 is 4.90 Å². The Bertz CT molecular complexity index is 820. The van der Waals surface area contributed by atoms with Gasteiger partial charge in [0.15, 0.2) is 0 Å². The zero-order valence-corrected chi connectivity index (χ0v) is 14.1. The van der Waals surface area contributed by atoms with Crippen molar-refractivity contribution in [2.75, 3.05) is 11.9 Å². The number of aryl methyl sites for hydroxylation is 1. The normalized spacial score (nSPS) is 12.1. The molecule has 0 fully saturated rings. The molecule has 1 aliphatic heterocycles. The second-order valence-electron chi connectivity index (χ2n) is 5.44. The van der Waals surface area contributed by atoms with Crippen LogP contribution in [-0.4, -0.2) is 22.0 Å². The molecule has 0 N–H and O–H groups in total. The Morgan fingerprint density at radius 1 is 0.870 bits per heavy atom. The second kappa shape index (κ2) is 6.24. The van der Waals surface area contributed by atoms with Crippen molar-refractivity contribution in [3.05, 3.63) is 54.1 Å². The molecule has 0 spiro atoms. The van der Waals surface area contributed by atoms with Gasteiger partial charge in [0.05, 0.1) is 5.69 Å². The summed E-state index contributed by atoms with van der Waals surface area (Å²) in [5, 5.41) is 8.67. The Morgan fingerprint density at radius 3 is 2.30 bits per heavy atom. The second-order valence-corrected chi connectivity index (χ2v) is 5.44. The van der Waals surface area contributed by atoms with Crippen LogP contribution in [0, 0.1) is 0 Å². The van der Waals surface area contributed by atoms with E-state index in [0.29, 0.717) is 0 Å². The van der Waals surface area contributed by atoms with Crippen LogP contribution < -0.4 is 4.90 Å². The lowest BCUT2D eigenvalue weighted by atomic mass is 9.96. The molecule has 0 radical (unpaired) electrons. The molecule has 2 aromatic carbocycles. The fourth-order valence-corrected chi connectivity index (χ4v) is 3.08. The summed E-state index contributed by atoms with van der Waals surface area (Å²) in [6, 6.07) is 16.9. The molecule has 1 aliphatic rings. The van der Waals surface area contributed by atoms with E-state index in [0.717, 1.165) is 17.9 Å². The first-order valence-electron chi connectivity index (χ1n) is 8.04. The molecule has 4 rings (SSSR count). The van der Waals surface area contributed by atoms with Crippen molar-refractivity contribution >= 4 is 5.69 Å². The number of anilines is 1. The molecule has 3 aromatic rings. The SMILES string of the molecule is CC.CN1Cc2ccccc2-c2nnn(C)c2-c2ccccc21. The molecule has 23 heavy (non-hydrogen) atoms. The molecule has 2 heterocycles. The highest BCUT2D eigenvalue weighted by atomic mass is 15.4. The van der Waals surface area contributed by atoms with E-state index in [1.807, 2.05) is 25.6 Å². The maximum absolute atomic E-state index is 4.42. The van der Waals surface area contributed by atoms with Crippen LogP contribution in [0.15, 0.2) is 48.5 Å². The van der Waals surface area contributed by atoms with E-state index in [-0.39, 0.29) is 0 Å². The van der Waals surface area contributed by atoms with Crippen molar-refractivity contribution in [3.63, 3.8) is 0 Å². The van der Waals surface area contributed by atoms with Gasteiger partial charge >= 0.3 is 0 Å². The first-order chi connectivity index (χ1) is 11.3. The summed E-state index contributed by atoms with van der Waals surface area (Å²) in [4.78, 5) is 2.28. The average molecular weight is 306 g/mol. The van der Waals surface area contributed by atoms with Crippen molar-refractivity contribution < 1.29 is 0 Å². The van der Waals surface area contributed by atoms with Crippen molar-refractivity contribution in [2.24, 2.45) is 7.05 Å². The molecule has 118 valence electrons. The highest BCUT2D eigenvalue weighted by Gasteiger charge is 2.23. The highest BCUT2D eigenvalue weighted by molar-refractivity contribution is 5.87. The summed E-state index contributed by atoms with van der Waals surface area (Å²) < 4.78 is 1.87. The monoisotopic (exact) mass is 306 g/mol. The quantitative estimate of drug-likeness (QED) is 0.626. The molecule has 4 heteroatoms. The van der Waals surface area contributed by atoms with Crippen LogP contribution in [-0.2, 0) is 13.6 Å². The topological polar surface area (TPSA) is 34.0 Å². The number of para-hydroxylation sites is 1. The predicted molar refractivity (Wildman–Crippen MR) is 95.3 cm³/mol. The summed E-state index contributed by atoms with van der Waals surface area (Å²) in [7, 11) is 4.08. The van der Waals surface area contributed by atoms with Gasteiger partial charge in [0.25, 0.3) is 0 Å². The summed E-state index contributed by atoms with van der Waals surface area (Å²) in [6.07, 6.45) is 0. The summed E-state index contributed by atoms with van der Waals surface area (Å²) >= 11 is 0. The van der Waals surface area contributed by atoms with Gasteiger partial charge in [-0.1, -0.05) is 61.5 Å². The maximum Gasteiger partial charge on any atom is 0.121 e. The molecule has 0 atom stereocenters. The van der Waals surface area contributed by atoms with E-state index in [4.69, 9.17) is 0 Å². The minimum absolute atomic E-state index is 0.864. The fraction of sp³-hybridized carbons (Fsp3) is 0.263. The van der Waals surface area contributed by atoms with E-state index >= 15 is 0 Å². The number of hydrogen-bond acceptors (Lipinski definition) is 3. The zero-order valence-electron chi connectivity index (χ0n) is 14.1. The minimum atomic E-state index is 0.864. The zero-order chi connectivity index (χ0) is 16.4. The molecule has 0 saturated heterocycles. The van der Waals surface area contributed by atoms with Gasteiger partial charge in [0.1, 0.15) is 5.69 Å². The number of benzene rings is 2. The minimum Gasteiger partial charge on any atom is -0.370 e. The van der Waals surface area contributed by atoms with Gasteiger partial charge in [-0.05, 0) is 11.6 Å². The molecular formula is C19H22N4. The van der Waals surface area contributed by atoms with E-state index in [9.17, 15) is 0 Å². The van der Waals surface area contributed by atoms with Crippen LogP contribution in [0.5, 0.6) is 0 Å². The first-order valence-corrected chi connectivity index (χ1v) is 8.04. The number of aromatic nitrogens is 3. The van der Waals surface area contributed by atoms with Crippen molar-refractivity contribution in [2.45, 2.75) is 20.4 Å². The van der Waals surface area contributed by atoms with Crippen LogP contribution in [0.4, 0.5) is 5.69 Å². The van der Waals surface area contributed by atoms with Crippen molar-refractivity contribution in [1.29, 1.82) is 0 Å². The maximum atomic E-state index is 4.42. The van der Waals surface area contributed by atoms with Gasteiger partial charge in [-0.2, -0.15) is 0 Å². The molecule has 0 saturated carbocycles. The van der Waals surface area contributed by atoms with Crippen LogP contribution >= 0.6 is 0 Å². The van der Waals surface area contributed by atoms with E-state index in [2.05, 4.69) is 70.8 Å². The number of fused-ring (bicyclic) bond motifs is 5. The molecule has 0 unspecified atom stereocenters. The third-order valence-corrected chi connectivity index (χ3v) is 4.08. The molecule has 4 nitrogen and oxygen atoms in total. The Hall–Kier alpha value is -2.62. The lowest BCUT2D eigenvalue weighted by Gasteiger charge is -2.26. The van der Waals surface area contributed by atoms with Crippen molar-refractivity contribution in [1.82, 2.24) is 15.0 Å². The third-order valence-electron chi connectivity index (χ3n) is 4.08. The van der Waals surface area contributed by atoms with Crippen LogP contribution in [0.3, 0.4) is 0 Å². The third kappa shape index (κ3) is 2.50. The Morgan fingerprint density at radius 2 is 1.52 bits per heavy atom. The molecule has 0 amide bonds. The summed E-state index contributed by atoms with van der Waals surface area (Å²) in [5.74, 6) is 0. The molecule has 1 aromatic heterocycles. The molecule has 0 bridgehead atoms. The van der Waals surface area contributed by atoms with Gasteiger partial charge in [-0.3, -0.25) is 0 Å². The Kier molecular flexibility index (Phi) is 4.15. The van der Waals surface area contributed by atoms with Crippen molar-refractivity contribution in [3.8, 4) is 22.5 Å². The van der Waals surface area contributed by atoms with Crippen LogP contribution in [0.25, 0.3) is 22.5 Å². The smallest absolute Gasteiger partial charge is 0.121 e. The number of hydrogen-bond donors (Lipinski definition) is 0. The predicted octanol–water partition coefficient (Wildman–Crippen LogP) is 4.13. The summed E-state index contributed by atoms with van der Waals surface area (Å²) in [5.41, 5.74) is 6.87. The van der Waals surface area contributed by atoms with Gasteiger partial charge in [-0.15, -0.1) is 5.10 Å². The standard InChI is InChI=1S/C17H16N4.C2H6/c1-20-11-12-7-3-4-8-13(12)16-17(21(2)19-18-16)14-9-5-6-10-15(14)20;1-2/h3-10H,11H2,1-2H3;1-2H3. The molecular weight excluding hydrogens is 284 g/mol. The van der Waals surface area contributed by atoms with Gasteiger partial charge in [0, 0.05) is 37.5 Å². The van der Waals surface area contributed by atoms with Gasteiger partial charge in [0.2, 0.25) is 0 Å². The molecule has 0 aliphatic carbocycles. The lowest BCUT2D eigenvalue weighted by Crippen LogP contribution is -2.19. The van der Waals surface area contributed by atoms with E-state index in [1.165, 1.54) is 22.4 Å². The van der Waals surface area contributed by atoms with Crippen LogP contribution in [0.2, 0.25) is 0 Å². The summed E-state index contributed by atoms with van der Waals surface area (Å²) in [6.45, 7) is 4.86. The lowest BCUT2D eigenvalue weighted by molar-refractivity contribution is 0.721.